The lowest BCUT2D eigenvalue weighted by Crippen LogP contribution is -2.26. The van der Waals surface area contributed by atoms with Gasteiger partial charge in [0.25, 0.3) is 0 Å². The fourth-order valence-corrected chi connectivity index (χ4v) is 2.62. The first-order chi connectivity index (χ1) is 9.01. The van der Waals surface area contributed by atoms with E-state index in [2.05, 4.69) is 25.8 Å². The van der Waals surface area contributed by atoms with Crippen LogP contribution >= 0.6 is 0 Å². The molecule has 2 N–H and O–H groups in total. The zero-order valence-corrected chi connectivity index (χ0v) is 12.2. The molecule has 2 nitrogen and oxygen atoms in total. The second-order valence-corrected chi connectivity index (χ2v) is 6.00. The van der Waals surface area contributed by atoms with E-state index in [1.807, 2.05) is 6.07 Å². The molecule has 0 heterocycles. The number of anilines is 1. The highest BCUT2D eigenvalue weighted by molar-refractivity contribution is 5.53. The molecule has 0 amide bonds. The summed E-state index contributed by atoms with van der Waals surface area (Å²) >= 11 is 0. The first-order valence-corrected chi connectivity index (χ1v) is 7.26. The fraction of sp³-hybridized carbons (Fsp3) is 0.625. The maximum absolute atomic E-state index is 13.4. The van der Waals surface area contributed by atoms with E-state index in [1.165, 1.54) is 6.42 Å². The third-order valence-corrected chi connectivity index (χ3v) is 4.24. The average molecular weight is 264 g/mol. The standard InChI is InChI=1S/C16H25FN2/c1-4-15(18)9-12-8-14(17)5-6-16(12)19(3)10-13-7-11(13)2/h5-6,8,11,13,15H,4,7,9-10,18H2,1-3H3. The van der Waals surface area contributed by atoms with Crippen molar-refractivity contribution in [3.63, 3.8) is 0 Å². The van der Waals surface area contributed by atoms with E-state index >= 15 is 0 Å². The Labute approximate surface area is 115 Å². The molecule has 1 aromatic carbocycles. The molecule has 0 saturated heterocycles. The van der Waals surface area contributed by atoms with E-state index in [4.69, 9.17) is 5.73 Å². The molecule has 1 aliphatic rings. The molecule has 2 rings (SSSR count). The SMILES string of the molecule is CCC(N)Cc1cc(F)ccc1N(C)CC1CC1C. The molecule has 0 spiro atoms. The fourth-order valence-electron chi connectivity index (χ4n) is 2.62. The Kier molecular flexibility index (Phi) is 4.46. The van der Waals surface area contributed by atoms with Crippen LogP contribution in [0.25, 0.3) is 0 Å². The minimum atomic E-state index is -0.171. The number of rotatable bonds is 6. The number of hydrogen-bond acceptors (Lipinski definition) is 2. The number of benzene rings is 1. The van der Waals surface area contributed by atoms with Crippen molar-refractivity contribution in [2.24, 2.45) is 17.6 Å². The summed E-state index contributed by atoms with van der Waals surface area (Å²) in [5.41, 5.74) is 8.18. The van der Waals surface area contributed by atoms with Gasteiger partial charge < -0.3 is 10.6 Å². The highest BCUT2D eigenvalue weighted by atomic mass is 19.1. The molecule has 0 aromatic heterocycles. The summed E-state index contributed by atoms with van der Waals surface area (Å²) in [5, 5.41) is 0. The Morgan fingerprint density at radius 2 is 2.16 bits per heavy atom. The van der Waals surface area contributed by atoms with Crippen LogP contribution in [-0.4, -0.2) is 19.6 Å². The van der Waals surface area contributed by atoms with Crippen LogP contribution in [0, 0.1) is 17.7 Å². The van der Waals surface area contributed by atoms with Gasteiger partial charge in [-0.25, -0.2) is 4.39 Å². The molecule has 0 aliphatic heterocycles. The quantitative estimate of drug-likeness (QED) is 0.855. The van der Waals surface area contributed by atoms with Crippen molar-refractivity contribution in [3.8, 4) is 0 Å². The first kappa shape index (κ1) is 14.3. The van der Waals surface area contributed by atoms with Crippen LogP contribution in [0.1, 0.15) is 32.3 Å². The molecular formula is C16H25FN2. The van der Waals surface area contributed by atoms with Crippen LogP contribution in [0.5, 0.6) is 0 Å². The van der Waals surface area contributed by atoms with Gasteiger partial charge in [-0.1, -0.05) is 13.8 Å². The Balaban J connectivity index is 2.13. The van der Waals surface area contributed by atoms with Gasteiger partial charge in [0.1, 0.15) is 5.82 Å². The van der Waals surface area contributed by atoms with Crippen molar-refractivity contribution in [1.82, 2.24) is 0 Å². The molecule has 0 bridgehead atoms. The van der Waals surface area contributed by atoms with Gasteiger partial charge >= 0.3 is 0 Å². The van der Waals surface area contributed by atoms with Crippen LogP contribution in [-0.2, 0) is 6.42 Å². The summed E-state index contributed by atoms with van der Waals surface area (Å²) in [7, 11) is 2.10. The van der Waals surface area contributed by atoms with Crippen LogP contribution in [0.2, 0.25) is 0 Å². The molecule has 3 heteroatoms. The van der Waals surface area contributed by atoms with Gasteiger partial charge in [0.2, 0.25) is 0 Å². The average Bonchev–Trinajstić information content (AvgIpc) is 3.04. The lowest BCUT2D eigenvalue weighted by molar-refractivity contribution is 0.612. The zero-order valence-electron chi connectivity index (χ0n) is 12.2. The van der Waals surface area contributed by atoms with Gasteiger partial charge in [0.15, 0.2) is 0 Å². The first-order valence-electron chi connectivity index (χ1n) is 7.26. The molecule has 3 unspecified atom stereocenters. The molecule has 1 aromatic rings. The highest BCUT2D eigenvalue weighted by Gasteiger charge is 2.33. The Morgan fingerprint density at radius 1 is 1.47 bits per heavy atom. The lowest BCUT2D eigenvalue weighted by atomic mass is 10.0. The van der Waals surface area contributed by atoms with Crippen LogP contribution < -0.4 is 10.6 Å². The zero-order chi connectivity index (χ0) is 14.0. The van der Waals surface area contributed by atoms with Crippen molar-refractivity contribution in [1.29, 1.82) is 0 Å². The number of hydrogen-bond donors (Lipinski definition) is 1. The predicted molar refractivity (Wildman–Crippen MR) is 78.9 cm³/mol. The smallest absolute Gasteiger partial charge is 0.123 e. The molecule has 106 valence electrons. The Hall–Kier alpha value is -1.09. The van der Waals surface area contributed by atoms with Crippen LogP contribution in [0.3, 0.4) is 0 Å². The van der Waals surface area contributed by atoms with Crippen molar-refractivity contribution in [2.45, 2.75) is 39.2 Å². The van der Waals surface area contributed by atoms with Crippen molar-refractivity contribution >= 4 is 5.69 Å². The summed E-state index contributed by atoms with van der Waals surface area (Å²) in [6.45, 7) is 5.41. The summed E-state index contributed by atoms with van der Waals surface area (Å²) < 4.78 is 13.4. The van der Waals surface area contributed by atoms with E-state index in [9.17, 15) is 4.39 Å². The van der Waals surface area contributed by atoms with E-state index in [0.29, 0.717) is 0 Å². The number of nitrogens with zero attached hydrogens (tertiary/aromatic N) is 1. The number of halogens is 1. The highest BCUT2D eigenvalue weighted by Crippen LogP contribution is 2.39. The second-order valence-electron chi connectivity index (χ2n) is 6.00. The van der Waals surface area contributed by atoms with Gasteiger partial charge in [-0.15, -0.1) is 0 Å². The van der Waals surface area contributed by atoms with Crippen LogP contribution in [0.4, 0.5) is 10.1 Å². The normalized spacial score (nSPS) is 23.2. The molecule has 19 heavy (non-hydrogen) atoms. The molecule has 0 radical (unpaired) electrons. The van der Waals surface area contributed by atoms with E-state index < -0.39 is 0 Å². The summed E-state index contributed by atoms with van der Waals surface area (Å²) in [6.07, 6.45) is 2.98. The maximum atomic E-state index is 13.4. The van der Waals surface area contributed by atoms with Gasteiger partial charge in [0.05, 0.1) is 0 Å². The van der Waals surface area contributed by atoms with Gasteiger partial charge in [-0.2, -0.15) is 0 Å². The summed E-state index contributed by atoms with van der Waals surface area (Å²) in [5.74, 6) is 1.46. The Morgan fingerprint density at radius 3 is 2.74 bits per heavy atom. The predicted octanol–water partition coefficient (Wildman–Crippen LogP) is 3.20. The van der Waals surface area contributed by atoms with Gasteiger partial charge in [-0.05, 0) is 54.9 Å². The van der Waals surface area contributed by atoms with Crippen molar-refractivity contribution in [2.75, 3.05) is 18.5 Å². The second kappa shape index (κ2) is 5.91. The van der Waals surface area contributed by atoms with Crippen molar-refractivity contribution in [3.05, 3.63) is 29.6 Å². The molecule has 1 aliphatic carbocycles. The monoisotopic (exact) mass is 264 g/mol. The maximum Gasteiger partial charge on any atom is 0.123 e. The largest absolute Gasteiger partial charge is 0.374 e. The van der Waals surface area contributed by atoms with E-state index in [-0.39, 0.29) is 11.9 Å². The van der Waals surface area contributed by atoms with Gasteiger partial charge in [-0.3, -0.25) is 0 Å². The Bertz CT molecular complexity index is 433. The van der Waals surface area contributed by atoms with Gasteiger partial charge in [0, 0.05) is 25.3 Å². The number of nitrogens with two attached hydrogens (primary N) is 1. The summed E-state index contributed by atoms with van der Waals surface area (Å²) in [4.78, 5) is 2.26. The van der Waals surface area contributed by atoms with E-state index in [1.54, 1.807) is 12.1 Å². The minimum Gasteiger partial charge on any atom is -0.374 e. The molecule has 3 atom stereocenters. The third-order valence-electron chi connectivity index (χ3n) is 4.24. The van der Waals surface area contributed by atoms with Crippen molar-refractivity contribution < 1.29 is 4.39 Å². The van der Waals surface area contributed by atoms with E-state index in [0.717, 1.165) is 42.5 Å². The molecule has 1 fully saturated rings. The summed E-state index contributed by atoms with van der Waals surface area (Å²) in [6, 6.07) is 5.18. The third kappa shape index (κ3) is 3.69. The lowest BCUT2D eigenvalue weighted by Gasteiger charge is -2.24. The molecule has 1 saturated carbocycles. The topological polar surface area (TPSA) is 29.3 Å². The van der Waals surface area contributed by atoms with Crippen LogP contribution in [0.15, 0.2) is 18.2 Å². The minimum absolute atomic E-state index is 0.105. The molecular weight excluding hydrogens is 239 g/mol.